The van der Waals surface area contributed by atoms with Crippen molar-refractivity contribution < 1.29 is 18.7 Å². The molecule has 0 aliphatic rings. The van der Waals surface area contributed by atoms with Gasteiger partial charge in [-0.3, -0.25) is 4.79 Å². The highest BCUT2D eigenvalue weighted by Gasteiger charge is 2.21. The molecule has 0 unspecified atom stereocenters. The highest BCUT2D eigenvalue weighted by Crippen LogP contribution is 2.33. The molecule has 0 bridgehead atoms. The number of aromatic amines is 1. The van der Waals surface area contributed by atoms with Crippen LogP contribution >= 0.6 is 23.2 Å². The lowest BCUT2D eigenvalue weighted by Crippen LogP contribution is -2.17. The SMILES string of the molecule is COC(=O)c1nc(-c2ccc(Cl)c(OC)c2F)[nH]c(=O)c1Cl. The summed E-state index contributed by atoms with van der Waals surface area (Å²) in [6.45, 7) is 0. The molecule has 1 aromatic carbocycles. The molecule has 0 radical (unpaired) electrons. The van der Waals surface area contributed by atoms with Gasteiger partial charge in [0.2, 0.25) is 0 Å². The van der Waals surface area contributed by atoms with Crippen molar-refractivity contribution in [1.29, 1.82) is 0 Å². The van der Waals surface area contributed by atoms with Crippen molar-refractivity contribution in [1.82, 2.24) is 9.97 Å². The Morgan fingerprint density at radius 1 is 1.32 bits per heavy atom. The fourth-order valence-corrected chi connectivity index (χ4v) is 2.11. The molecule has 2 rings (SSSR count). The zero-order valence-corrected chi connectivity index (χ0v) is 12.9. The molecule has 0 aliphatic carbocycles. The van der Waals surface area contributed by atoms with E-state index < -0.39 is 28.1 Å². The van der Waals surface area contributed by atoms with Crippen LogP contribution in [0.4, 0.5) is 4.39 Å². The van der Waals surface area contributed by atoms with Gasteiger partial charge in [0.25, 0.3) is 5.56 Å². The molecule has 0 saturated heterocycles. The Morgan fingerprint density at radius 2 is 2.00 bits per heavy atom. The number of hydrogen-bond donors (Lipinski definition) is 1. The van der Waals surface area contributed by atoms with Gasteiger partial charge in [-0.05, 0) is 12.1 Å². The summed E-state index contributed by atoms with van der Waals surface area (Å²) in [7, 11) is 2.35. The number of rotatable bonds is 3. The molecule has 0 aliphatic heterocycles. The van der Waals surface area contributed by atoms with Gasteiger partial charge in [-0.25, -0.2) is 14.2 Å². The van der Waals surface area contributed by atoms with E-state index in [9.17, 15) is 14.0 Å². The van der Waals surface area contributed by atoms with Crippen molar-refractivity contribution in [3.05, 3.63) is 44.0 Å². The van der Waals surface area contributed by atoms with Gasteiger partial charge < -0.3 is 14.5 Å². The zero-order chi connectivity index (χ0) is 16.4. The average Bonchev–Trinajstić information content (AvgIpc) is 2.50. The Labute approximate surface area is 133 Å². The number of carbonyl (C=O) groups is 1. The zero-order valence-electron chi connectivity index (χ0n) is 11.4. The first kappa shape index (κ1) is 16.3. The van der Waals surface area contributed by atoms with Crippen molar-refractivity contribution in [2.24, 2.45) is 0 Å². The predicted molar refractivity (Wildman–Crippen MR) is 78.2 cm³/mol. The predicted octanol–water partition coefficient (Wildman–Crippen LogP) is 2.68. The minimum atomic E-state index is -0.918. The summed E-state index contributed by atoms with van der Waals surface area (Å²) in [5, 5.41) is -0.398. The van der Waals surface area contributed by atoms with E-state index in [0.29, 0.717) is 0 Å². The molecule has 116 valence electrons. The van der Waals surface area contributed by atoms with Crippen LogP contribution in [-0.2, 0) is 4.74 Å². The van der Waals surface area contributed by atoms with E-state index >= 15 is 0 Å². The maximum Gasteiger partial charge on any atom is 0.358 e. The van der Waals surface area contributed by atoms with Crippen LogP contribution in [0.3, 0.4) is 0 Å². The molecule has 0 saturated carbocycles. The number of aromatic nitrogens is 2. The molecule has 9 heteroatoms. The van der Waals surface area contributed by atoms with E-state index in [1.165, 1.54) is 19.2 Å². The standard InChI is InChI=1S/C13H9Cl2FN2O4/c1-21-10-6(14)4-3-5(8(10)16)11-17-9(13(20)22-2)7(15)12(19)18-11/h3-4H,1-2H3,(H,17,18,19). The molecule has 6 nitrogen and oxygen atoms in total. The maximum absolute atomic E-state index is 14.3. The minimum Gasteiger partial charge on any atom is -0.492 e. The summed E-state index contributed by atoms with van der Waals surface area (Å²) in [4.78, 5) is 29.5. The van der Waals surface area contributed by atoms with Crippen LogP contribution in [-0.4, -0.2) is 30.2 Å². The maximum atomic E-state index is 14.3. The van der Waals surface area contributed by atoms with Gasteiger partial charge in [-0.1, -0.05) is 23.2 Å². The van der Waals surface area contributed by atoms with E-state index in [0.717, 1.165) is 7.11 Å². The lowest BCUT2D eigenvalue weighted by atomic mass is 10.1. The normalized spacial score (nSPS) is 10.4. The third-order valence-electron chi connectivity index (χ3n) is 2.75. The van der Waals surface area contributed by atoms with Crippen molar-refractivity contribution in [3.63, 3.8) is 0 Å². The molecular formula is C13H9Cl2FN2O4. The van der Waals surface area contributed by atoms with E-state index in [4.69, 9.17) is 27.9 Å². The van der Waals surface area contributed by atoms with Gasteiger partial charge in [0.05, 0.1) is 24.8 Å². The number of nitrogens with zero attached hydrogens (tertiary/aromatic N) is 1. The Kier molecular flexibility index (Phi) is 4.68. The number of halogens is 3. The summed E-state index contributed by atoms with van der Waals surface area (Å²) in [5.41, 5.74) is -1.34. The van der Waals surface area contributed by atoms with Gasteiger partial charge in [0, 0.05) is 0 Å². The van der Waals surface area contributed by atoms with E-state index in [1.807, 2.05) is 0 Å². The smallest absolute Gasteiger partial charge is 0.358 e. The Balaban J connectivity index is 2.71. The molecule has 1 heterocycles. The molecule has 1 N–H and O–H groups in total. The van der Waals surface area contributed by atoms with Crippen LogP contribution in [0.5, 0.6) is 5.75 Å². The number of carbonyl (C=O) groups excluding carboxylic acids is 1. The lowest BCUT2D eigenvalue weighted by molar-refractivity contribution is 0.0594. The summed E-state index contributed by atoms with van der Waals surface area (Å²) in [5.74, 6) is -2.17. The van der Waals surface area contributed by atoms with Crippen molar-refractivity contribution in [2.75, 3.05) is 14.2 Å². The Bertz CT molecular complexity index is 807. The first-order valence-corrected chi connectivity index (χ1v) is 6.56. The topological polar surface area (TPSA) is 81.3 Å². The summed E-state index contributed by atoms with van der Waals surface area (Å²) in [6.07, 6.45) is 0. The van der Waals surface area contributed by atoms with Crippen LogP contribution < -0.4 is 10.3 Å². The monoisotopic (exact) mass is 346 g/mol. The van der Waals surface area contributed by atoms with Crippen LogP contribution in [0.2, 0.25) is 10.0 Å². The molecule has 0 fully saturated rings. The minimum absolute atomic E-state index is 0.0493. The highest BCUT2D eigenvalue weighted by atomic mass is 35.5. The first-order chi connectivity index (χ1) is 10.4. The molecule has 0 atom stereocenters. The second-order valence-electron chi connectivity index (χ2n) is 4.01. The van der Waals surface area contributed by atoms with E-state index in [-0.39, 0.29) is 22.2 Å². The number of nitrogens with one attached hydrogen (secondary N) is 1. The molecule has 2 aromatic rings. The molecule has 0 spiro atoms. The third-order valence-corrected chi connectivity index (χ3v) is 3.40. The van der Waals surface area contributed by atoms with Crippen molar-refractivity contribution >= 4 is 29.2 Å². The number of hydrogen-bond acceptors (Lipinski definition) is 5. The molecule has 22 heavy (non-hydrogen) atoms. The number of methoxy groups -OCH3 is 2. The van der Waals surface area contributed by atoms with Crippen LogP contribution in [0, 0.1) is 5.82 Å². The van der Waals surface area contributed by atoms with Crippen LogP contribution in [0.15, 0.2) is 16.9 Å². The molecular weight excluding hydrogens is 338 g/mol. The number of H-pyrrole nitrogens is 1. The quantitative estimate of drug-likeness (QED) is 0.864. The Morgan fingerprint density at radius 3 is 2.59 bits per heavy atom. The summed E-state index contributed by atoms with van der Waals surface area (Å²) < 4.78 is 23.7. The van der Waals surface area contributed by atoms with Gasteiger partial charge in [0.15, 0.2) is 17.3 Å². The Hall–Kier alpha value is -2.12. The molecule has 1 aromatic heterocycles. The highest BCUT2D eigenvalue weighted by molar-refractivity contribution is 6.33. The largest absolute Gasteiger partial charge is 0.492 e. The van der Waals surface area contributed by atoms with Gasteiger partial charge >= 0.3 is 5.97 Å². The summed E-state index contributed by atoms with van der Waals surface area (Å²) in [6, 6.07) is 2.65. The van der Waals surface area contributed by atoms with Gasteiger partial charge in [-0.15, -0.1) is 0 Å². The number of benzene rings is 1. The number of esters is 1. The van der Waals surface area contributed by atoms with E-state index in [1.54, 1.807) is 0 Å². The van der Waals surface area contributed by atoms with Crippen LogP contribution in [0.25, 0.3) is 11.4 Å². The van der Waals surface area contributed by atoms with Gasteiger partial charge in [-0.2, -0.15) is 0 Å². The van der Waals surface area contributed by atoms with Crippen molar-refractivity contribution in [3.8, 4) is 17.1 Å². The van der Waals surface area contributed by atoms with Crippen molar-refractivity contribution in [2.45, 2.75) is 0 Å². The van der Waals surface area contributed by atoms with Crippen LogP contribution in [0.1, 0.15) is 10.5 Å². The average molecular weight is 347 g/mol. The van der Waals surface area contributed by atoms with Gasteiger partial charge in [0.1, 0.15) is 10.8 Å². The third kappa shape index (κ3) is 2.77. The van der Waals surface area contributed by atoms with E-state index in [2.05, 4.69) is 14.7 Å². The second kappa shape index (κ2) is 6.33. The second-order valence-corrected chi connectivity index (χ2v) is 4.80. The fourth-order valence-electron chi connectivity index (χ4n) is 1.72. The number of ether oxygens (including phenoxy) is 2. The lowest BCUT2D eigenvalue weighted by Gasteiger charge is -2.10. The molecule has 0 amide bonds. The first-order valence-electron chi connectivity index (χ1n) is 5.81. The summed E-state index contributed by atoms with van der Waals surface area (Å²) >= 11 is 11.5. The fraction of sp³-hybridized carbons (Fsp3) is 0.154.